The molecule has 2 heterocycles. The van der Waals surface area contributed by atoms with Crippen LogP contribution in [0.1, 0.15) is 22.7 Å². The summed E-state index contributed by atoms with van der Waals surface area (Å²) >= 11 is 5.64. The number of hydrogen-bond acceptors (Lipinski definition) is 3. The van der Waals surface area contributed by atoms with Gasteiger partial charge in [-0.2, -0.15) is 0 Å². The third-order valence-electron chi connectivity index (χ3n) is 5.41. The van der Waals surface area contributed by atoms with E-state index in [0.29, 0.717) is 18.2 Å². The molecule has 2 aliphatic heterocycles. The van der Waals surface area contributed by atoms with Gasteiger partial charge in [0.1, 0.15) is 5.75 Å². The lowest BCUT2D eigenvalue weighted by molar-refractivity contribution is -0.138. The fourth-order valence-electron chi connectivity index (χ4n) is 3.93. The van der Waals surface area contributed by atoms with Gasteiger partial charge in [0.15, 0.2) is 5.11 Å². The molecule has 0 radical (unpaired) electrons. The zero-order valence-corrected chi connectivity index (χ0v) is 16.4. The number of aryl methyl sites for hydroxylation is 1. The average molecular weight is 382 g/mol. The van der Waals surface area contributed by atoms with E-state index in [-0.39, 0.29) is 11.9 Å². The van der Waals surface area contributed by atoms with Crippen LogP contribution in [0.15, 0.2) is 42.5 Å². The van der Waals surface area contributed by atoms with E-state index in [1.54, 1.807) is 7.11 Å². The lowest BCUT2D eigenvalue weighted by atomic mass is 9.91. The van der Waals surface area contributed by atoms with Crippen molar-refractivity contribution in [2.75, 3.05) is 32.1 Å². The highest BCUT2D eigenvalue weighted by molar-refractivity contribution is 7.80. The molecular formula is C21H23N3O2S. The summed E-state index contributed by atoms with van der Waals surface area (Å²) in [6, 6.07) is 14.3. The van der Waals surface area contributed by atoms with Crippen LogP contribution in [-0.2, 0) is 11.2 Å². The van der Waals surface area contributed by atoms with Crippen molar-refractivity contribution in [3.8, 4) is 5.75 Å². The summed E-state index contributed by atoms with van der Waals surface area (Å²) in [5.74, 6) is 0.947. The standard InChI is InChI=1S/C21H23N3O2S/c1-14-11-16(26-2)7-8-18(14)22-21(27)23-12-19-17-6-4-3-5-15(17)9-10-24(19)20(25)13-23/h3-8,11,19H,9-10,12-13H2,1-2H3,(H,22,27). The van der Waals surface area contributed by atoms with E-state index in [4.69, 9.17) is 17.0 Å². The number of anilines is 1. The van der Waals surface area contributed by atoms with Crippen molar-refractivity contribution < 1.29 is 9.53 Å². The highest BCUT2D eigenvalue weighted by Crippen LogP contribution is 2.33. The molecular weight excluding hydrogens is 358 g/mol. The van der Waals surface area contributed by atoms with E-state index in [1.165, 1.54) is 11.1 Å². The molecule has 27 heavy (non-hydrogen) atoms. The molecule has 6 heteroatoms. The van der Waals surface area contributed by atoms with Gasteiger partial charge >= 0.3 is 0 Å². The van der Waals surface area contributed by atoms with Gasteiger partial charge in [-0.25, -0.2) is 0 Å². The SMILES string of the molecule is COc1ccc(NC(=S)N2CC(=O)N3CCc4ccccc4C3C2)c(C)c1. The summed E-state index contributed by atoms with van der Waals surface area (Å²) in [5, 5.41) is 3.89. The van der Waals surface area contributed by atoms with Crippen LogP contribution in [0.3, 0.4) is 0 Å². The molecule has 0 spiro atoms. The monoisotopic (exact) mass is 381 g/mol. The van der Waals surface area contributed by atoms with Crippen LogP contribution in [0, 0.1) is 6.92 Å². The summed E-state index contributed by atoms with van der Waals surface area (Å²) in [6.45, 7) is 3.82. The highest BCUT2D eigenvalue weighted by Gasteiger charge is 2.37. The molecule has 5 nitrogen and oxygen atoms in total. The van der Waals surface area contributed by atoms with Gasteiger partial charge in [0.2, 0.25) is 5.91 Å². The summed E-state index contributed by atoms with van der Waals surface area (Å²) in [7, 11) is 1.65. The van der Waals surface area contributed by atoms with Crippen molar-refractivity contribution in [1.29, 1.82) is 0 Å². The minimum atomic E-state index is 0.0629. The van der Waals surface area contributed by atoms with Crippen molar-refractivity contribution in [2.24, 2.45) is 0 Å². The molecule has 1 unspecified atom stereocenters. The van der Waals surface area contributed by atoms with E-state index >= 15 is 0 Å². The second-order valence-electron chi connectivity index (χ2n) is 7.04. The molecule has 0 aliphatic carbocycles. The predicted octanol–water partition coefficient (Wildman–Crippen LogP) is 3.14. The number of amides is 1. The van der Waals surface area contributed by atoms with Gasteiger partial charge < -0.3 is 19.9 Å². The van der Waals surface area contributed by atoms with Crippen LogP contribution in [0.5, 0.6) is 5.75 Å². The Morgan fingerprint density at radius 2 is 2.07 bits per heavy atom. The van der Waals surface area contributed by atoms with Crippen LogP contribution in [0.4, 0.5) is 5.69 Å². The molecule has 0 saturated carbocycles. The average Bonchev–Trinajstić information content (AvgIpc) is 2.69. The number of benzene rings is 2. The maximum Gasteiger partial charge on any atom is 0.242 e. The summed E-state index contributed by atoms with van der Waals surface area (Å²) in [6.07, 6.45) is 0.923. The first-order chi connectivity index (χ1) is 13.1. The van der Waals surface area contributed by atoms with Crippen LogP contribution >= 0.6 is 12.2 Å². The fraction of sp³-hybridized carbons (Fsp3) is 0.333. The zero-order valence-electron chi connectivity index (χ0n) is 15.6. The number of rotatable bonds is 2. The first-order valence-electron chi connectivity index (χ1n) is 9.14. The number of hydrogen-bond donors (Lipinski definition) is 1. The molecule has 0 bridgehead atoms. The molecule has 2 aromatic rings. The number of ether oxygens (including phenoxy) is 1. The number of nitrogens with one attached hydrogen (secondary N) is 1. The topological polar surface area (TPSA) is 44.8 Å². The van der Waals surface area contributed by atoms with Gasteiger partial charge in [0.25, 0.3) is 0 Å². The molecule has 2 aromatic carbocycles. The van der Waals surface area contributed by atoms with E-state index in [0.717, 1.165) is 30.0 Å². The highest BCUT2D eigenvalue weighted by atomic mass is 32.1. The number of thiocarbonyl (C=S) groups is 1. The summed E-state index contributed by atoms with van der Waals surface area (Å²) in [4.78, 5) is 16.7. The van der Waals surface area contributed by atoms with E-state index in [9.17, 15) is 4.79 Å². The van der Waals surface area contributed by atoms with Crippen molar-refractivity contribution >= 4 is 28.9 Å². The maximum atomic E-state index is 12.7. The van der Waals surface area contributed by atoms with Gasteiger partial charge in [0.05, 0.1) is 19.7 Å². The molecule has 4 rings (SSSR count). The molecule has 140 valence electrons. The number of carbonyl (C=O) groups is 1. The molecule has 0 aromatic heterocycles. The van der Waals surface area contributed by atoms with Crippen LogP contribution < -0.4 is 10.1 Å². The van der Waals surface area contributed by atoms with Crippen molar-refractivity contribution in [2.45, 2.75) is 19.4 Å². The Morgan fingerprint density at radius 1 is 1.26 bits per heavy atom. The Morgan fingerprint density at radius 3 is 2.85 bits per heavy atom. The Balaban J connectivity index is 1.53. The van der Waals surface area contributed by atoms with Gasteiger partial charge in [-0.15, -0.1) is 0 Å². The van der Waals surface area contributed by atoms with Crippen LogP contribution in [0.2, 0.25) is 0 Å². The Labute approximate surface area is 164 Å². The second-order valence-corrected chi connectivity index (χ2v) is 7.43. The van der Waals surface area contributed by atoms with Crippen LogP contribution in [-0.4, -0.2) is 47.6 Å². The number of piperazine rings is 1. The summed E-state index contributed by atoms with van der Waals surface area (Å²) in [5.41, 5.74) is 4.55. The van der Waals surface area contributed by atoms with Gasteiger partial charge in [-0.1, -0.05) is 24.3 Å². The van der Waals surface area contributed by atoms with Crippen molar-refractivity contribution in [1.82, 2.24) is 9.80 Å². The number of nitrogens with zero attached hydrogens (tertiary/aromatic N) is 2. The first kappa shape index (κ1) is 17.8. The molecule has 1 atom stereocenters. The Hall–Kier alpha value is -2.60. The summed E-state index contributed by atoms with van der Waals surface area (Å²) < 4.78 is 5.26. The second kappa shape index (κ2) is 7.19. The van der Waals surface area contributed by atoms with Crippen molar-refractivity contribution in [3.63, 3.8) is 0 Å². The Bertz CT molecular complexity index is 899. The first-order valence-corrected chi connectivity index (χ1v) is 9.55. The number of methoxy groups -OCH3 is 1. The van der Waals surface area contributed by atoms with Gasteiger partial charge in [0, 0.05) is 18.8 Å². The predicted molar refractivity (Wildman–Crippen MR) is 110 cm³/mol. The van der Waals surface area contributed by atoms with Crippen molar-refractivity contribution in [3.05, 3.63) is 59.2 Å². The molecule has 2 aliphatic rings. The fourth-order valence-corrected chi connectivity index (χ4v) is 4.18. The largest absolute Gasteiger partial charge is 0.497 e. The maximum absolute atomic E-state index is 12.7. The normalized spacial score (nSPS) is 18.6. The Kier molecular flexibility index (Phi) is 4.74. The third kappa shape index (κ3) is 3.37. The van der Waals surface area contributed by atoms with E-state index < -0.39 is 0 Å². The number of fused-ring (bicyclic) bond motifs is 3. The molecule has 1 saturated heterocycles. The minimum Gasteiger partial charge on any atom is -0.497 e. The molecule has 1 amide bonds. The van der Waals surface area contributed by atoms with E-state index in [1.807, 2.05) is 41.0 Å². The third-order valence-corrected chi connectivity index (χ3v) is 5.77. The smallest absolute Gasteiger partial charge is 0.242 e. The lowest BCUT2D eigenvalue weighted by Crippen LogP contribution is -2.56. The van der Waals surface area contributed by atoms with E-state index in [2.05, 4.69) is 23.5 Å². The molecule has 1 N–H and O–H groups in total. The number of carbonyl (C=O) groups excluding carboxylic acids is 1. The van der Waals surface area contributed by atoms with Gasteiger partial charge in [-0.05, 0) is 60.5 Å². The van der Waals surface area contributed by atoms with Gasteiger partial charge in [-0.3, -0.25) is 4.79 Å². The zero-order chi connectivity index (χ0) is 19.0. The van der Waals surface area contributed by atoms with Crippen LogP contribution in [0.25, 0.3) is 0 Å². The lowest BCUT2D eigenvalue weighted by Gasteiger charge is -2.45. The molecule has 1 fully saturated rings. The minimum absolute atomic E-state index is 0.0629. The quantitative estimate of drug-likeness (QED) is 0.810.